The Labute approximate surface area is 109 Å². The van der Waals surface area contributed by atoms with Gasteiger partial charge in [0.25, 0.3) is 0 Å². The van der Waals surface area contributed by atoms with Crippen LogP contribution in [0.3, 0.4) is 0 Å². The molecule has 1 atom stereocenters. The van der Waals surface area contributed by atoms with Gasteiger partial charge in [-0.1, -0.05) is 32.0 Å². The van der Waals surface area contributed by atoms with E-state index in [9.17, 15) is 0 Å². The van der Waals surface area contributed by atoms with Gasteiger partial charge in [-0.3, -0.25) is 4.98 Å². The van der Waals surface area contributed by atoms with E-state index in [1.807, 2.05) is 12.4 Å². The average Bonchev–Trinajstić information content (AvgIpc) is 2.43. The number of aromatic nitrogens is 1. The van der Waals surface area contributed by atoms with Gasteiger partial charge in [0.15, 0.2) is 0 Å². The molecule has 2 heteroatoms. The molecule has 18 heavy (non-hydrogen) atoms. The summed E-state index contributed by atoms with van der Waals surface area (Å²) in [4.78, 5) is 4.25. The second-order valence-electron chi connectivity index (χ2n) is 4.88. The van der Waals surface area contributed by atoms with Crippen molar-refractivity contribution in [1.29, 1.82) is 0 Å². The Morgan fingerprint density at radius 1 is 1.22 bits per heavy atom. The van der Waals surface area contributed by atoms with Crippen molar-refractivity contribution in [2.24, 2.45) is 0 Å². The summed E-state index contributed by atoms with van der Waals surface area (Å²) >= 11 is 0. The Morgan fingerprint density at radius 3 is 2.94 bits per heavy atom. The van der Waals surface area contributed by atoms with Crippen LogP contribution in [0.4, 0.5) is 0 Å². The molecule has 96 valence electrons. The highest BCUT2D eigenvalue weighted by molar-refractivity contribution is 5.85. The zero-order valence-electron chi connectivity index (χ0n) is 11.3. The van der Waals surface area contributed by atoms with Gasteiger partial charge in [0.1, 0.15) is 0 Å². The zero-order chi connectivity index (χ0) is 12.8. The molecule has 0 spiro atoms. The van der Waals surface area contributed by atoms with Gasteiger partial charge in [0.2, 0.25) is 0 Å². The summed E-state index contributed by atoms with van der Waals surface area (Å²) in [6.07, 6.45) is 6.22. The highest BCUT2D eigenvalue weighted by Gasteiger charge is 2.08. The summed E-state index contributed by atoms with van der Waals surface area (Å²) in [5.74, 6) is 0.572. The topological polar surface area (TPSA) is 24.9 Å². The number of nitrogens with zero attached hydrogens (tertiary/aromatic N) is 1. The van der Waals surface area contributed by atoms with E-state index in [0.717, 1.165) is 13.1 Å². The molecule has 0 bridgehead atoms. The van der Waals surface area contributed by atoms with E-state index in [4.69, 9.17) is 0 Å². The molecule has 0 fully saturated rings. The molecular formula is C16H22N2. The van der Waals surface area contributed by atoms with Gasteiger partial charge in [-0.15, -0.1) is 0 Å². The van der Waals surface area contributed by atoms with Crippen LogP contribution in [-0.4, -0.2) is 18.1 Å². The van der Waals surface area contributed by atoms with Crippen LogP contribution in [0.15, 0.2) is 36.7 Å². The van der Waals surface area contributed by atoms with Gasteiger partial charge in [-0.05, 0) is 48.9 Å². The molecule has 2 aromatic rings. The van der Waals surface area contributed by atoms with E-state index in [1.165, 1.54) is 29.2 Å². The minimum atomic E-state index is 0.572. The quantitative estimate of drug-likeness (QED) is 0.781. The summed E-state index contributed by atoms with van der Waals surface area (Å²) < 4.78 is 0. The maximum absolute atomic E-state index is 4.25. The fourth-order valence-corrected chi connectivity index (χ4v) is 2.34. The molecule has 0 saturated carbocycles. The predicted molar refractivity (Wildman–Crippen MR) is 77.9 cm³/mol. The number of benzene rings is 1. The van der Waals surface area contributed by atoms with Crippen molar-refractivity contribution in [3.8, 4) is 0 Å². The lowest BCUT2D eigenvalue weighted by Crippen LogP contribution is -2.17. The van der Waals surface area contributed by atoms with Crippen molar-refractivity contribution >= 4 is 10.8 Å². The number of rotatable bonds is 6. The van der Waals surface area contributed by atoms with Gasteiger partial charge in [-0.25, -0.2) is 0 Å². The first-order valence-corrected chi connectivity index (χ1v) is 6.86. The molecule has 0 aliphatic rings. The Kier molecular flexibility index (Phi) is 4.71. The molecule has 0 saturated heterocycles. The smallest absolute Gasteiger partial charge is 0.0349 e. The van der Waals surface area contributed by atoms with Gasteiger partial charge in [-0.2, -0.15) is 0 Å². The standard InChI is InChI=1S/C16H22N2/c1-3-9-17-10-7-13(2)15-6-4-5-14-8-11-18-12-16(14)15/h4-6,8,11-13,17H,3,7,9-10H2,1-2H3. The minimum absolute atomic E-state index is 0.572. The predicted octanol–water partition coefficient (Wildman–Crippen LogP) is 3.73. The lowest BCUT2D eigenvalue weighted by Gasteiger charge is -2.14. The SMILES string of the molecule is CCCNCCC(C)c1cccc2ccncc12. The van der Waals surface area contributed by atoms with Gasteiger partial charge < -0.3 is 5.32 Å². The van der Waals surface area contributed by atoms with E-state index in [-0.39, 0.29) is 0 Å². The van der Waals surface area contributed by atoms with Crippen LogP contribution in [0, 0.1) is 0 Å². The lowest BCUT2D eigenvalue weighted by atomic mass is 9.93. The molecular weight excluding hydrogens is 220 g/mol. The van der Waals surface area contributed by atoms with Crippen LogP contribution < -0.4 is 5.32 Å². The molecule has 2 rings (SSSR count). The van der Waals surface area contributed by atoms with Crippen molar-refractivity contribution in [2.75, 3.05) is 13.1 Å². The highest BCUT2D eigenvalue weighted by Crippen LogP contribution is 2.26. The minimum Gasteiger partial charge on any atom is -0.317 e. The van der Waals surface area contributed by atoms with Gasteiger partial charge >= 0.3 is 0 Å². The largest absolute Gasteiger partial charge is 0.317 e. The molecule has 0 radical (unpaired) electrons. The number of hydrogen-bond acceptors (Lipinski definition) is 2. The van der Waals surface area contributed by atoms with Crippen LogP contribution in [-0.2, 0) is 0 Å². The third-order valence-corrected chi connectivity index (χ3v) is 3.43. The van der Waals surface area contributed by atoms with E-state index in [1.54, 1.807) is 0 Å². The number of pyridine rings is 1. The molecule has 1 heterocycles. The van der Waals surface area contributed by atoms with E-state index in [0.29, 0.717) is 5.92 Å². The van der Waals surface area contributed by atoms with Crippen molar-refractivity contribution in [2.45, 2.75) is 32.6 Å². The summed E-state index contributed by atoms with van der Waals surface area (Å²) in [6, 6.07) is 8.62. The van der Waals surface area contributed by atoms with Crippen LogP contribution in [0.5, 0.6) is 0 Å². The maximum Gasteiger partial charge on any atom is 0.0349 e. The van der Waals surface area contributed by atoms with Crippen LogP contribution in [0.25, 0.3) is 10.8 Å². The van der Waals surface area contributed by atoms with Crippen LogP contribution in [0.2, 0.25) is 0 Å². The van der Waals surface area contributed by atoms with E-state index < -0.39 is 0 Å². The third kappa shape index (κ3) is 3.08. The van der Waals surface area contributed by atoms with Crippen molar-refractivity contribution < 1.29 is 0 Å². The fourth-order valence-electron chi connectivity index (χ4n) is 2.34. The van der Waals surface area contributed by atoms with Crippen LogP contribution >= 0.6 is 0 Å². The van der Waals surface area contributed by atoms with E-state index >= 15 is 0 Å². The molecule has 0 amide bonds. The molecule has 1 aromatic carbocycles. The molecule has 1 aromatic heterocycles. The normalized spacial score (nSPS) is 12.8. The third-order valence-electron chi connectivity index (χ3n) is 3.43. The number of hydrogen-bond donors (Lipinski definition) is 1. The first kappa shape index (κ1) is 13.0. The van der Waals surface area contributed by atoms with Gasteiger partial charge in [0.05, 0.1) is 0 Å². The zero-order valence-corrected chi connectivity index (χ0v) is 11.3. The second-order valence-corrected chi connectivity index (χ2v) is 4.88. The molecule has 1 unspecified atom stereocenters. The Morgan fingerprint density at radius 2 is 2.11 bits per heavy atom. The Bertz CT molecular complexity index is 488. The van der Waals surface area contributed by atoms with Crippen molar-refractivity contribution in [3.05, 3.63) is 42.2 Å². The molecule has 2 nitrogen and oxygen atoms in total. The molecule has 0 aliphatic carbocycles. The van der Waals surface area contributed by atoms with Gasteiger partial charge in [0, 0.05) is 17.8 Å². The molecule has 1 N–H and O–H groups in total. The maximum atomic E-state index is 4.25. The fraction of sp³-hybridized carbons (Fsp3) is 0.438. The number of fused-ring (bicyclic) bond motifs is 1. The first-order valence-electron chi connectivity index (χ1n) is 6.86. The summed E-state index contributed by atoms with van der Waals surface area (Å²) in [5, 5.41) is 6.05. The monoisotopic (exact) mass is 242 g/mol. The lowest BCUT2D eigenvalue weighted by molar-refractivity contribution is 0.592. The second kappa shape index (κ2) is 6.50. The average molecular weight is 242 g/mol. The highest BCUT2D eigenvalue weighted by atomic mass is 14.8. The Hall–Kier alpha value is -1.41. The first-order chi connectivity index (χ1) is 8.83. The summed E-state index contributed by atoms with van der Waals surface area (Å²) in [5.41, 5.74) is 1.42. The van der Waals surface area contributed by atoms with Crippen LogP contribution in [0.1, 0.15) is 38.2 Å². The molecule has 0 aliphatic heterocycles. The van der Waals surface area contributed by atoms with Crippen molar-refractivity contribution in [3.63, 3.8) is 0 Å². The Balaban J connectivity index is 2.10. The summed E-state index contributed by atoms with van der Waals surface area (Å²) in [6.45, 7) is 6.71. The van der Waals surface area contributed by atoms with Crippen molar-refractivity contribution in [1.82, 2.24) is 10.3 Å². The van der Waals surface area contributed by atoms with E-state index in [2.05, 4.69) is 48.4 Å². The number of nitrogens with one attached hydrogen (secondary N) is 1. The summed E-state index contributed by atoms with van der Waals surface area (Å²) in [7, 11) is 0.